The molecule has 0 bridgehead atoms. The van der Waals surface area contributed by atoms with Crippen LogP contribution in [-0.4, -0.2) is 16.5 Å². The number of fused-ring (bicyclic) bond motifs is 1. The lowest BCUT2D eigenvalue weighted by Gasteiger charge is -2.34. The molecule has 0 aliphatic heterocycles. The summed E-state index contributed by atoms with van der Waals surface area (Å²) in [6, 6.07) is 20.9. The number of rotatable bonds is 3. The lowest BCUT2D eigenvalue weighted by Crippen LogP contribution is -2.30. The molecule has 0 saturated heterocycles. The summed E-state index contributed by atoms with van der Waals surface area (Å²) in [6.45, 7) is 0. The minimum atomic E-state index is -0.248. The molecule has 1 heterocycles. The van der Waals surface area contributed by atoms with Gasteiger partial charge in [0, 0.05) is 23.1 Å². The minimum absolute atomic E-state index is 0.248. The normalized spacial score (nSPS) is 15.1. The molecule has 1 N–H and O–H groups in total. The van der Waals surface area contributed by atoms with Crippen molar-refractivity contribution in [3.05, 3.63) is 94.8 Å². The Morgan fingerprint density at radius 3 is 2.13 bits per heavy atom. The molecule has 112 valence electrons. The van der Waals surface area contributed by atoms with Crippen LogP contribution in [0.5, 0.6) is 0 Å². The van der Waals surface area contributed by atoms with Crippen molar-refractivity contribution in [3.8, 4) is 0 Å². The fourth-order valence-electron chi connectivity index (χ4n) is 3.41. The highest BCUT2D eigenvalue weighted by Crippen LogP contribution is 2.41. The Bertz CT molecular complexity index is 824. The molecule has 0 atom stereocenters. The lowest BCUT2D eigenvalue weighted by atomic mass is 9.68. The number of hydrogen-bond acceptors (Lipinski definition) is 2. The molecule has 0 saturated carbocycles. The molecule has 0 spiro atoms. The van der Waals surface area contributed by atoms with Crippen molar-refractivity contribution in [1.29, 1.82) is 0 Å². The zero-order valence-electron chi connectivity index (χ0n) is 12.6. The molecule has 0 radical (unpaired) electrons. The van der Waals surface area contributed by atoms with Gasteiger partial charge in [0.15, 0.2) is 6.29 Å². The van der Waals surface area contributed by atoms with Gasteiger partial charge >= 0.3 is 0 Å². The van der Waals surface area contributed by atoms with Crippen molar-refractivity contribution in [1.82, 2.24) is 10.2 Å². The Kier molecular flexibility index (Phi) is 3.19. The van der Waals surface area contributed by atoms with Crippen LogP contribution < -0.4 is 0 Å². The Morgan fingerprint density at radius 1 is 0.957 bits per heavy atom. The molecule has 3 nitrogen and oxygen atoms in total. The first-order valence-electron chi connectivity index (χ1n) is 7.66. The highest BCUT2D eigenvalue weighted by atomic mass is 16.1. The van der Waals surface area contributed by atoms with Gasteiger partial charge in [0.05, 0.1) is 0 Å². The van der Waals surface area contributed by atoms with E-state index in [1.165, 1.54) is 11.1 Å². The molecule has 1 aromatic heterocycles. The number of hydrogen-bond donors (Lipinski definition) is 1. The van der Waals surface area contributed by atoms with Crippen LogP contribution >= 0.6 is 0 Å². The van der Waals surface area contributed by atoms with Crippen LogP contribution in [0.25, 0.3) is 6.08 Å². The molecule has 3 aromatic rings. The van der Waals surface area contributed by atoms with E-state index in [1.807, 2.05) is 18.2 Å². The van der Waals surface area contributed by atoms with Gasteiger partial charge in [0.25, 0.3) is 0 Å². The summed E-state index contributed by atoms with van der Waals surface area (Å²) < 4.78 is 0. The van der Waals surface area contributed by atoms with Gasteiger partial charge in [-0.25, -0.2) is 0 Å². The van der Waals surface area contributed by atoms with Crippen LogP contribution in [0.1, 0.15) is 32.9 Å². The first-order valence-corrected chi connectivity index (χ1v) is 7.66. The third-order valence-electron chi connectivity index (χ3n) is 4.59. The molecule has 1 aliphatic rings. The standard InChI is InChI=1S/C20H16N2O/c23-14-19-17-11-12-20(13-18(17)21-22-19,15-7-3-1-4-8-15)16-9-5-2-6-10-16/h1-12,14H,13H2,(H,21,22). The van der Waals surface area contributed by atoms with E-state index < -0.39 is 0 Å². The van der Waals surface area contributed by atoms with E-state index in [0.717, 1.165) is 24.0 Å². The maximum absolute atomic E-state index is 11.1. The van der Waals surface area contributed by atoms with Crippen LogP contribution in [0, 0.1) is 0 Å². The summed E-state index contributed by atoms with van der Waals surface area (Å²) in [4.78, 5) is 11.1. The van der Waals surface area contributed by atoms with Gasteiger partial charge in [-0.3, -0.25) is 9.89 Å². The summed E-state index contributed by atoms with van der Waals surface area (Å²) >= 11 is 0. The number of carbonyl (C=O) groups excluding carboxylic acids is 1. The van der Waals surface area contributed by atoms with Crippen molar-refractivity contribution in [2.24, 2.45) is 0 Å². The van der Waals surface area contributed by atoms with E-state index >= 15 is 0 Å². The predicted octanol–water partition coefficient (Wildman–Crippen LogP) is 3.78. The molecule has 4 rings (SSSR count). The fourth-order valence-corrected chi connectivity index (χ4v) is 3.41. The maximum atomic E-state index is 11.1. The predicted molar refractivity (Wildman–Crippen MR) is 90.4 cm³/mol. The van der Waals surface area contributed by atoms with Crippen molar-refractivity contribution >= 4 is 12.4 Å². The van der Waals surface area contributed by atoms with E-state index in [-0.39, 0.29) is 5.41 Å². The second kappa shape index (κ2) is 5.36. The summed E-state index contributed by atoms with van der Waals surface area (Å²) in [5, 5.41) is 7.16. The van der Waals surface area contributed by atoms with Crippen LogP contribution in [-0.2, 0) is 11.8 Å². The van der Waals surface area contributed by atoms with Gasteiger partial charge < -0.3 is 0 Å². The first kappa shape index (κ1) is 13.7. The van der Waals surface area contributed by atoms with Gasteiger partial charge in [-0.1, -0.05) is 72.8 Å². The number of carbonyl (C=O) groups is 1. The zero-order chi connectivity index (χ0) is 15.7. The third-order valence-corrected chi connectivity index (χ3v) is 4.59. The molecule has 23 heavy (non-hydrogen) atoms. The number of allylic oxidation sites excluding steroid dienone is 1. The second-order valence-corrected chi connectivity index (χ2v) is 5.83. The number of nitrogens with one attached hydrogen (secondary N) is 1. The Labute approximate surface area is 134 Å². The zero-order valence-corrected chi connectivity index (χ0v) is 12.6. The Hall–Kier alpha value is -2.94. The van der Waals surface area contributed by atoms with Gasteiger partial charge in [-0.2, -0.15) is 5.10 Å². The number of benzene rings is 2. The molecule has 0 unspecified atom stereocenters. The summed E-state index contributed by atoms with van der Waals surface area (Å²) in [5.41, 5.74) is 4.60. The maximum Gasteiger partial charge on any atom is 0.170 e. The van der Waals surface area contributed by atoms with E-state index in [0.29, 0.717) is 5.69 Å². The Balaban J connectivity index is 1.92. The molecular weight excluding hydrogens is 284 g/mol. The van der Waals surface area contributed by atoms with Crippen molar-refractivity contribution in [2.75, 3.05) is 0 Å². The Morgan fingerprint density at radius 2 is 1.57 bits per heavy atom. The van der Waals surface area contributed by atoms with Crippen LogP contribution in [0.4, 0.5) is 0 Å². The number of aromatic nitrogens is 2. The largest absolute Gasteiger partial charge is 0.296 e. The average molecular weight is 300 g/mol. The summed E-state index contributed by atoms with van der Waals surface area (Å²) in [5.74, 6) is 0. The topological polar surface area (TPSA) is 45.8 Å². The monoisotopic (exact) mass is 300 g/mol. The smallest absolute Gasteiger partial charge is 0.170 e. The second-order valence-electron chi connectivity index (χ2n) is 5.83. The highest BCUT2D eigenvalue weighted by molar-refractivity contribution is 5.81. The quantitative estimate of drug-likeness (QED) is 0.748. The first-order chi connectivity index (χ1) is 11.3. The van der Waals surface area contributed by atoms with Crippen molar-refractivity contribution < 1.29 is 4.79 Å². The van der Waals surface area contributed by atoms with E-state index in [9.17, 15) is 4.79 Å². The van der Waals surface area contributed by atoms with Crippen LogP contribution in [0.3, 0.4) is 0 Å². The summed E-state index contributed by atoms with van der Waals surface area (Å²) in [7, 11) is 0. The van der Waals surface area contributed by atoms with Gasteiger partial charge in [-0.05, 0) is 11.1 Å². The van der Waals surface area contributed by atoms with Crippen molar-refractivity contribution in [2.45, 2.75) is 11.8 Å². The minimum Gasteiger partial charge on any atom is -0.296 e. The van der Waals surface area contributed by atoms with E-state index in [4.69, 9.17) is 0 Å². The number of nitrogens with zero attached hydrogens (tertiary/aromatic N) is 1. The fraction of sp³-hybridized carbons (Fsp3) is 0.100. The van der Waals surface area contributed by atoms with Gasteiger partial charge in [0.1, 0.15) is 5.69 Å². The third kappa shape index (κ3) is 2.13. The van der Waals surface area contributed by atoms with Crippen molar-refractivity contribution in [3.63, 3.8) is 0 Å². The molecule has 2 aromatic carbocycles. The van der Waals surface area contributed by atoms with E-state index in [1.54, 1.807) is 0 Å². The van der Waals surface area contributed by atoms with Gasteiger partial charge in [0.2, 0.25) is 0 Å². The average Bonchev–Trinajstić information content (AvgIpc) is 3.05. The number of H-pyrrole nitrogens is 1. The lowest BCUT2D eigenvalue weighted by molar-refractivity contribution is 0.111. The molecule has 0 amide bonds. The molecule has 0 fully saturated rings. The van der Waals surface area contributed by atoms with Crippen LogP contribution in [0.15, 0.2) is 66.7 Å². The van der Waals surface area contributed by atoms with E-state index in [2.05, 4.69) is 64.8 Å². The summed E-state index contributed by atoms with van der Waals surface area (Å²) in [6.07, 6.45) is 5.78. The van der Waals surface area contributed by atoms with Crippen LogP contribution in [0.2, 0.25) is 0 Å². The SMILES string of the molecule is O=Cc1n[nH]c2c1C=CC(c1ccccc1)(c1ccccc1)C2. The van der Waals surface area contributed by atoms with Gasteiger partial charge in [-0.15, -0.1) is 0 Å². The molecule has 3 heteroatoms. The number of aldehydes is 1. The molecular formula is C20H16N2O. The highest BCUT2D eigenvalue weighted by Gasteiger charge is 2.36. The molecule has 1 aliphatic carbocycles. The number of aromatic amines is 1.